The Kier molecular flexibility index (Phi) is 3.39. The number of hydrogen-bond acceptors (Lipinski definition) is 4. The number of anilines is 2. The molecule has 4 nitrogen and oxygen atoms in total. The van der Waals surface area contributed by atoms with Gasteiger partial charge in [0.1, 0.15) is 23.3 Å². The molecule has 90 valence electrons. The molecular weight excluding hydrogens is 231 g/mol. The molecule has 0 aliphatic heterocycles. The molecule has 0 amide bonds. The molecule has 0 unspecified atom stereocenters. The van der Waals surface area contributed by atoms with Gasteiger partial charge in [-0.25, -0.2) is 9.37 Å². The lowest BCUT2D eigenvalue weighted by atomic mass is 10.1. The lowest BCUT2D eigenvalue weighted by Crippen LogP contribution is -2.03. The van der Waals surface area contributed by atoms with Crippen molar-refractivity contribution in [3.8, 4) is 6.07 Å². The first-order chi connectivity index (χ1) is 8.70. The smallest absolute Gasteiger partial charge is 0.143 e. The number of halogens is 1. The summed E-state index contributed by atoms with van der Waals surface area (Å²) >= 11 is 0. The van der Waals surface area contributed by atoms with E-state index in [4.69, 9.17) is 11.0 Å². The maximum atomic E-state index is 13.3. The molecule has 0 saturated carbocycles. The number of nitrogens with two attached hydrogens (primary N) is 1. The lowest BCUT2D eigenvalue weighted by molar-refractivity contribution is 0.624. The van der Waals surface area contributed by atoms with Crippen LogP contribution in [0.1, 0.15) is 11.1 Å². The quantitative estimate of drug-likeness (QED) is 0.865. The van der Waals surface area contributed by atoms with Gasteiger partial charge in [-0.15, -0.1) is 0 Å². The summed E-state index contributed by atoms with van der Waals surface area (Å²) in [6.07, 6.45) is 1.63. The van der Waals surface area contributed by atoms with E-state index in [9.17, 15) is 4.39 Å². The average Bonchev–Trinajstić information content (AvgIpc) is 2.38. The van der Waals surface area contributed by atoms with Gasteiger partial charge >= 0.3 is 0 Å². The molecule has 18 heavy (non-hydrogen) atoms. The molecule has 0 atom stereocenters. The van der Waals surface area contributed by atoms with Gasteiger partial charge in [0.05, 0.1) is 5.69 Å². The summed E-state index contributed by atoms with van der Waals surface area (Å²) in [6, 6.07) is 9.82. The summed E-state index contributed by atoms with van der Waals surface area (Å²) in [4.78, 5) is 3.95. The van der Waals surface area contributed by atoms with E-state index in [0.29, 0.717) is 18.1 Å². The highest BCUT2D eigenvalue weighted by atomic mass is 19.1. The van der Waals surface area contributed by atoms with Crippen LogP contribution < -0.4 is 11.1 Å². The molecular formula is C13H11FN4. The van der Waals surface area contributed by atoms with E-state index >= 15 is 0 Å². The standard InChI is InChI=1S/C13H11FN4/c14-11-2-1-3-12(10(11)6-15)17-7-9-4-5-13(16)18-8-9/h1-5,8,17H,7H2,(H2,16,18). The highest BCUT2D eigenvalue weighted by Gasteiger charge is 2.06. The van der Waals surface area contributed by atoms with Crippen molar-refractivity contribution < 1.29 is 4.39 Å². The molecule has 0 spiro atoms. The zero-order chi connectivity index (χ0) is 13.0. The van der Waals surface area contributed by atoms with Gasteiger partial charge in [0.2, 0.25) is 0 Å². The number of benzene rings is 1. The number of nitrogens with zero attached hydrogens (tertiary/aromatic N) is 2. The first-order valence-electron chi connectivity index (χ1n) is 5.33. The summed E-state index contributed by atoms with van der Waals surface area (Å²) in [5.74, 6) is -0.0832. The molecule has 1 aromatic carbocycles. The van der Waals surface area contributed by atoms with Crippen molar-refractivity contribution in [1.82, 2.24) is 4.98 Å². The molecule has 2 rings (SSSR count). The largest absolute Gasteiger partial charge is 0.384 e. The Hall–Kier alpha value is -2.61. The zero-order valence-corrected chi connectivity index (χ0v) is 9.52. The fourth-order valence-corrected chi connectivity index (χ4v) is 1.52. The van der Waals surface area contributed by atoms with E-state index in [2.05, 4.69) is 10.3 Å². The predicted octanol–water partition coefficient (Wildman–Crippen LogP) is 2.29. The van der Waals surface area contributed by atoms with Crippen molar-refractivity contribution in [1.29, 1.82) is 5.26 Å². The van der Waals surface area contributed by atoms with Crippen LogP contribution in [-0.4, -0.2) is 4.98 Å². The summed E-state index contributed by atoms with van der Waals surface area (Å²) in [5.41, 5.74) is 6.86. The molecule has 3 N–H and O–H groups in total. The van der Waals surface area contributed by atoms with Crippen LogP contribution in [0.15, 0.2) is 36.5 Å². The zero-order valence-electron chi connectivity index (χ0n) is 9.52. The third-order valence-electron chi connectivity index (χ3n) is 2.46. The monoisotopic (exact) mass is 242 g/mol. The van der Waals surface area contributed by atoms with Crippen molar-refractivity contribution in [2.75, 3.05) is 11.1 Å². The number of pyridine rings is 1. The minimum Gasteiger partial charge on any atom is -0.384 e. The molecule has 1 heterocycles. The summed E-state index contributed by atoms with van der Waals surface area (Å²) in [7, 11) is 0. The van der Waals surface area contributed by atoms with Crippen molar-refractivity contribution in [2.45, 2.75) is 6.54 Å². The fourth-order valence-electron chi connectivity index (χ4n) is 1.52. The maximum Gasteiger partial charge on any atom is 0.143 e. The van der Waals surface area contributed by atoms with E-state index in [0.717, 1.165) is 5.56 Å². The summed E-state index contributed by atoms with van der Waals surface area (Å²) in [5, 5.41) is 11.9. The minimum atomic E-state index is -0.530. The average molecular weight is 242 g/mol. The first kappa shape index (κ1) is 11.9. The van der Waals surface area contributed by atoms with Crippen LogP contribution in [-0.2, 0) is 6.54 Å². The molecule has 0 bridgehead atoms. The van der Waals surface area contributed by atoms with Gasteiger partial charge in [-0.05, 0) is 23.8 Å². The van der Waals surface area contributed by atoms with Crippen molar-refractivity contribution >= 4 is 11.5 Å². The first-order valence-corrected chi connectivity index (χ1v) is 5.33. The SMILES string of the molecule is N#Cc1c(F)cccc1NCc1ccc(N)nc1. The Morgan fingerprint density at radius 3 is 2.83 bits per heavy atom. The number of nitriles is 1. The molecule has 0 aliphatic rings. The van der Waals surface area contributed by atoms with E-state index in [1.54, 1.807) is 24.4 Å². The van der Waals surface area contributed by atoms with Gasteiger partial charge < -0.3 is 11.1 Å². The number of aromatic nitrogens is 1. The second kappa shape index (κ2) is 5.15. The van der Waals surface area contributed by atoms with Crippen molar-refractivity contribution in [2.24, 2.45) is 0 Å². The highest BCUT2D eigenvalue weighted by Crippen LogP contribution is 2.18. The van der Waals surface area contributed by atoms with Gasteiger partial charge in [0, 0.05) is 12.7 Å². The number of nitrogen functional groups attached to an aromatic ring is 1. The van der Waals surface area contributed by atoms with E-state index < -0.39 is 5.82 Å². The molecule has 0 radical (unpaired) electrons. The van der Waals surface area contributed by atoms with Crippen LogP contribution in [0.5, 0.6) is 0 Å². The minimum absolute atomic E-state index is 0.0147. The number of hydrogen-bond donors (Lipinski definition) is 2. The third kappa shape index (κ3) is 2.55. The van der Waals surface area contributed by atoms with Crippen molar-refractivity contribution in [3.05, 3.63) is 53.5 Å². The molecule has 5 heteroatoms. The van der Waals surface area contributed by atoms with E-state index in [-0.39, 0.29) is 5.56 Å². The van der Waals surface area contributed by atoms with Gasteiger partial charge in [0.15, 0.2) is 0 Å². The topological polar surface area (TPSA) is 74.7 Å². The summed E-state index contributed by atoms with van der Waals surface area (Å²) in [6.45, 7) is 0.450. The van der Waals surface area contributed by atoms with Crippen LogP contribution in [0.2, 0.25) is 0 Å². The van der Waals surface area contributed by atoms with Crippen molar-refractivity contribution in [3.63, 3.8) is 0 Å². The second-order valence-corrected chi connectivity index (χ2v) is 3.72. The van der Waals surface area contributed by atoms with Gasteiger partial charge in [-0.3, -0.25) is 0 Å². The van der Waals surface area contributed by atoms with Crippen LogP contribution in [0.3, 0.4) is 0 Å². The molecule has 0 aliphatic carbocycles. The predicted molar refractivity (Wildman–Crippen MR) is 67.1 cm³/mol. The molecule has 1 aromatic heterocycles. The number of rotatable bonds is 3. The Balaban J connectivity index is 2.14. The normalized spacial score (nSPS) is 9.78. The molecule has 2 aromatic rings. The number of nitrogens with one attached hydrogen (secondary N) is 1. The van der Waals surface area contributed by atoms with E-state index in [1.165, 1.54) is 6.07 Å². The van der Waals surface area contributed by atoms with E-state index in [1.807, 2.05) is 12.1 Å². The van der Waals surface area contributed by atoms with Gasteiger partial charge in [-0.2, -0.15) is 5.26 Å². The third-order valence-corrected chi connectivity index (χ3v) is 2.46. The maximum absolute atomic E-state index is 13.3. The Morgan fingerprint density at radius 2 is 2.17 bits per heavy atom. The van der Waals surface area contributed by atoms with Crippen LogP contribution in [0.25, 0.3) is 0 Å². The lowest BCUT2D eigenvalue weighted by Gasteiger charge is -2.08. The Morgan fingerprint density at radius 1 is 1.33 bits per heavy atom. The van der Waals surface area contributed by atoms with Crippen LogP contribution in [0, 0.1) is 17.1 Å². The summed E-state index contributed by atoms with van der Waals surface area (Å²) < 4.78 is 13.3. The van der Waals surface area contributed by atoms with Gasteiger partial charge in [-0.1, -0.05) is 12.1 Å². The van der Waals surface area contributed by atoms with Crippen LogP contribution in [0.4, 0.5) is 15.9 Å². The second-order valence-electron chi connectivity index (χ2n) is 3.72. The molecule has 0 fully saturated rings. The molecule has 0 saturated heterocycles. The van der Waals surface area contributed by atoms with Gasteiger partial charge in [0.25, 0.3) is 0 Å². The fraction of sp³-hybridized carbons (Fsp3) is 0.0769. The van der Waals surface area contributed by atoms with Crippen LogP contribution >= 0.6 is 0 Å². The Bertz CT molecular complexity index is 587. The highest BCUT2D eigenvalue weighted by molar-refractivity contribution is 5.58. The Labute approximate surface area is 104 Å².